The van der Waals surface area contributed by atoms with Gasteiger partial charge in [0.05, 0.1) is 0 Å². The molecular formula is C21H37N4O4+. The van der Waals surface area contributed by atoms with E-state index in [1.54, 1.807) is 24.3 Å². The Balaban J connectivity index is 0. The molecule has 1 aromatic carbocycles. The molecule has 8 N–H and O–H groups in total. The predicted octanol–water partition coefficient (Wildman–Crippen LogP) is 2.38. The topological polar surface area (TPSA) is 162 Å². The van der Waals surface area contributed by atoms with Gasteiger partial charge in [0.2, 0.25) is 5.91 Å². The third-order valence-corrected chi connectivity index (χ3v) is 4.30. The Kier molecular flexibility index (Phi) is 15.3. The van der Waals surface area contributed by atoms with E-state index in [1.165, 1.54) is 39.0 Å². The van der Waals surface area contributed by atoms with Crippen molar-refractivity contribution in [1.29, 1.82) is 0 Å². The van der Waals surface area contributed by atoms with Crippen molar-refractivity contribution >= 4 is 23.9 Å². The van der Waals surface area contributed by atoms with Gasteiger partial charge in [-0.2, -0.15) is 0 Å². The highest BCUT2D eigenvalue weighted by atomic mass is 16.4. The van der Waals surface area contributed by atoms with E-state index in [4.69, 9.17) is 22.3 Å². The largest absolute Gasteiger partial charge is 1.00 e. The predicted molar refractivity (Wildman–Crippen MR) is 117 cm³/mol. The molecule has 0 aromatic heterocycles. The Morgan fingerprint density at radius 1 is 1.21 bits per heavy atom. The molecule has 2 rings (SSSR count). The number of carbonyl (C=O) groups excluding carboxylic acids is 2. The molecule has 0 spiro atoms. The molecular weight excluding hydrogens is 372 g/mol. The Labute approximate surface area is 174 Å². The molecule has 1 aromatic rings. The molecule has 1 amide bonds. The van der Waals surface area contributed by atoms with Crippen molar-refractivity contribution in [2.45, 2.75) is 70.4 Å². The summed E-state index contributed by atoms with van der Waals surface area (Å²) < 4.78 is 0. The number of benzene rings is 1. The van der Waals surface area contributed by atoms with Crippen molar-refractivity contribution in [1.82, 2.24) is 0 Å². The Morgan fingerprint density at radius 2 is 1.79 bits per heavy atom. The maximum absolute atomic E-state index is 10.6. The molecule has 0 heterocycles. The maximum Gasteiger partial charge on any atom is 1.00 e. The molecule has 0 unspecified atom stereocenters. The fraction of sp³-hybridized carbons (Fsp3) is 0.571. The quantitative estimate of drug-likeness (QED) is 0.341. The molecule has 0 bridgehead atoms. The van der Waals surface area contributed by atoms with Crippen LogP contribution in [0.25, 0.3) is 0 Å². The van der Waals surface area contributed by atoms with Gasteiger partial charge in [-0.25, -0.2) is 0 Å². The number of unbranched alkanes of at least 4 members (excludes halogenated alkanes) is 1. The van der Waals surface area contributed by atoms with Crippen LogP contribution in [0.4, 0.5) is 5.69 Å². The lowest BCUT2D eigenvalue weighted by molar-refractivity contribution is -0.138. The fourth-order valence-corrected chi connectivity index (χ4v) is 2.61. The van der Waals surface area contributed by atoms with Gasteiger partial charge in [-0.1, -0.05) is 25.7 Å². The summed E-state index contributed by atoms with van der Waals surface area (Å²) >= 11 is 0. The second-order valence-electron chi connectivity index (χ2n) is 7.05. The average Bonchev–Trinajstić information content (AvgIpc) is 2.70. The first-order chi connectivity index (χ1) is 13.8. The Bertz CT molecular complexity index is 593. The number of anilines is 1. The zero-order valence-electron chi connectivity index (χ0n) is 18.3. The van der Waals surface area contributed by atoms with Crippen LogP contribution in [0.15, 0.2) is 24.3 Å². The second kappa shape index (κ2) is 16.6. The highest BCUT2D eigenvalue weighted by molar-refractivity contribution is 5.89. The van der Waals surface area contributed by atoms with Crippen molar-refractivity contribution in [3.05, 3.63) is 29.8 Å². The van der Waals surface area contributed by atoms with Crippen LogP contribution in [0.2, 0.25) is 0 Å². The number of aliphatic carboxylic acids is 1. The molecule has 8 nitrogen and oxygen atoms in total. The van der Waals surface area contributed by atoms with Crippen LogP contribution in [0.1, 0.15) is 70.1 Å². The van der Waals surface area contributed by atoms with Crippen LogP contribution in [0.5, 0.6) is 0 Å². The number of nitrogens with one attached hydrogen (secondary N) is 1. The monoisotopic (exact) mass is 409 g/mol. The van der Waals surface area contributed by atoms with Crippen molar-refractivity contribution < 1.29 is 20.9 Å². The van der Waals surface area contributed by atoms with Gasteiger partial charge in [-0.3, -0.25) is 14.4 Å². The normalized spacial score (nSPS) is 14.3. The number of amides is 1. The summed E-state index contributed by atoms with van der Waals surface area (Å²) in [5, 5.41) is 10.9. The minimum absolute atomic E-state index is 0. The number of aldehydes is 1. The first-order valence-electron chi connectivity index (χ1n) is 10.1. The van der Waals surface area contributed by atoms with Crippen LogP contribution in [-0.4, -0.2) is 41.9 Å². The number of rotatable bonds is 7. The van der Waals surface area contributed by atoms with E-state index >= 15 is 0 Å². The number of hydrogen-bond donors (Lipinski definition) is 5. The summed E-state index contributed by atoms with van der Waals surface area (Å²) in [6.07, 6.45) is 9.59. The van der Waals surface area contributed by atoms with Crippen molar-refractivity contribution in [2.24, 2.45) is 17.2 Å². The smallest absolute Gasteiger partial charge is 0.480 e. The lowest BCUT2D eigenvalue weighted by Crippen LogP contribution is -2.29. The van der Waals surface area contributed by atoms with Gasteiger partial charge >= 0.3 is 7.40 Å². The maximum atomic E-state index is 10.6. The minimum atomic E-state index is -0.933. The molecule has 1 fully saturated rings. The van der Waals surface area contributed by atoms with Crippen molar-refractivity contribution in [3.63, 3.8) is 0 Å². The zero-order valence-corrected chi connectivity index (χ0v) is 17.3. The van der Waals surface area contributed by atoms with Crippen molar-refractivity contribution in [3.8, 4) is 0 Å². The van der Waals surface area contributed by atoms with E-state index in [9.17, 15) is 14.4 Å². The molecule has 0 saturated heterocycles. The third kappa shape index (κ3) is 15.3. The number of carboxylic acids is 1. The summed E-state index contributed by atoms with van der Waals surface area (Å²) in [5.41, 5.74) is 17.4. The van der Waals surface area contributed by atoms with E-state index in [0.29, 0.717) is 30.3 Å². The SMILES string of the molecule is CC(=O)Nc1ccc(C=O)cc1.NC1CCCCC1.NCCCC[C@@H](N)C(=O)O.[H+]. The average molecular weight is 410 g/mol. The van der Waals surface area contributed by atoms with E-state index in [0.717, 1.165) is 19.1 Å². The fourth-order valence-electron chi connectivity index (χ4n) is 2.61. The lowest BCUT2D eigenvalue weighted by Gasteiger charge is -2.15. The van der Waals surface area contributed by atoms with Gasteiger partial charge in [0, 0.05) is 24.2 Å². The molecule has 1 saturated carbocycles. The molecule has 164 valence electrons. The zero-order chi connectivity index (χ0) is 22.1. The molecule has 0 radical (unpaired) electrons. The van der Waals surface area contributed by atoms with Crippen LogP contribution in [-0.2, 0) is 9.59 Å². The van der Waals surface area contributed by atoms with Gasteiger partial charge in [0.15, 0.2) is 0 Å². The van der Waals surface area contributed by atoms with Crippen LogP contribution in [0.3, 0.4) is 0 Å². The molecule has 1 aliphatic carbocycles. The first-order valence-corrected chi connectivity index (χ1v) is 10.1. The third-order valence-electron chi connectivity index (χ3n) is 4.30. The lowest BCUT2D eigenvalue weighted by atomic mass is 9.97. The molecule has 1 aliphatic rings. The molecule has 8 heteroatoms. The summed E-state index contributed by atoms with van der Waals surface area (Å²) in [4.78, 5) is 31.0. The molecule has 1 atom stereocenters. The van der Waals surface area contributed by atoms with E-state index in [1.807, 2.05) is 0 Å². The molecule has 29 heavy (non-hydrogen) atoms. The summed E-state index contributed by atoms with van der Waals surface area (Å²) in [6.45, 7) is 2.04. The van der Waals surface area contributed by atoms with Gasteiger partial charge in [-0.05, 0) is 56.5 Å². The van der Waals surface area contributed by atoms with Gasteiger partial charge in [0.25, 0.3) is 0 Å². The first kappa shape index (κ1) is 26.7. The van der Waals surface area contributed by atoms with Gasteiger partial charge < -0.3 is 27.6 Å². The number of carbonyl (C=O) groups is 3. The van der Waals surface area contributed by atoms with E-state index in [-0.39, 0.29) is 7.33 Å². The highest BCUT2D eigenvalue weighted by Gasteiger charge is 2.09. The standard InChI is InChI=1S/C9H9NO2.C6H14N2O2.C6H13N/c1-7(12)10-9-4-2-8(6-11)3-5-9;7-4-2-1-3-5(8)6(9)10;7-6-4-2-1-3-5-6/h2-6H,1H3,(H,10,12);5H,1-4,7-8H2,(H,9,10);6H,1-5,7H2/p+1/t;5-;/m.1./s1. The van der Waals surface area contributed by atoms with E-state index in [2.05, 4.69) is 5.32 Å². The van der Waals surface area contributed by atoms with Crippen LogP contribution in [0, 0.1) is 0 Å². The van der Waals surface area contributed by atoms with E-state index < -0.39 is 12.0 Å². The summed E-state index contributed by atoms with van der Waals surface area (Å²) in [7, 11) is 0. The number of nitrogens with two attached hydrogens (primary N) is 3. The molecule has 0 aliphatic heterocycles. The highest BCUT2D eigenvalue weighted by Crippen LogP contribution is 2.14. The second-order valence-corrected chi connectivity index (χ2v) is 7.05. The van der Waals surface area contributed by atoms with Crippen LogP contribution < -0.4 is 22.5 Å². The Hall–Kier alpha value is -2.29. The summed E-state index contributed by atoms with van der Waals surface area (Å²) in [6, 6.07) is 6.49. The Morgan fingerprint density at radius 3 is 2.17 bits per heavy atom. The van der Waals surface area contributed by atoms with Crippen LogP contribution >= 0.6 is 0 Å². The minimum Gasteiger partial charge on any atom is -0.480 e. The number of hydrogen-bond acceptors (Lipinski definition) is 6. The van der Waals surface area contributed by atoms with Gasteiger partial charge in [0.1, 0.15) is 12.3 Å². The van der Waals surface area contributed by atoms with Crippen molar-refractivity contribution in [2.75, 3.05) is 11.9 Å². The number of carboxylic acid groups (broad SMARTS) is 1. The summed E-state index contributed by atoms with van der Waals surface area (Å²) in [5.74, 6) is -1.05. The van der Waals surface area contributed by atoms with Gasteiger partial charge in [-0.15, -0.1) is 0 Å².